The molecule has 2 aromatic heterocycles. The summed E-state index contributed by atoms with van der Waals surface area (Å²) in [5.74, 6) is 1.36. The summed E-state index contributed by atoms with van der Waals surface area (Å²) < 4.78 is 0. The van der Waals surface area contributed by atoms with Crippen LogP contribution >= 0.6 is 11.3 Å². The van der Waals surface area contributed by atoms with Gasteiger partial charge in [0, 0.05) is 17.0 Å². The van der Waals surface area contributed by atoms with Crippen LogP contribution in [0.2, 0.25) is 0 Å². The lowest BCUT2D eigenvalue weighted by atomic mass is 9.69. The predicted molar refractivity (Wildman–Crippen MR) is 126 cm³/mol. The van der Waals surface area contributed by atoms with Crippen LogP contribution in [0.25, 0.3) is 10.2 Å². The molecule has 7 nitrogen and oxygen atoms in total. The number of hydrazone groups is 1. The molecule has 162 valence electrons. The molecule has 31 heavy (non-hydrogen) atoms. The van der Waals surface area contributed by atoms with Crippen molar-refractivity contribution < 1.29 is 4.92 Å². The smallest absolute Gasteiger partial charge is 0.260 e. The van der Waals surface area contributed by atoms with Crippen molar-refractivity contribution in [3.8, 4) is 0 Å². The molecule has 0 aliphatic heterocycles. The SMILES string of the molecule is CCC(C)(C)C1CCc2sc3ncnc(N/N=C(\C)c4ccc([N+](=O)[O-])cc4)c3c2C1. The fourth-order valence-electron chi connectivity index (χ4n) is 4.17. The molecule has 0 fully saturated rings. The molecule has 0 bridgehead atoms. The van der Waals surface area contributed by atoms with Gasteiger partial charge in [-0.3, -0.25) is 15.5 Å². The van der Waals surface area contributed by atoms with E-state index in [9.17, 15) is 10.1 Å². The molecule has 0 spiro atoms. The van der Waals surface area contributed by atoms with Gasteiger partial charge in [-0.25, -0.2) is 9.97 Å². The molecule has 1 atom stereocenters. The Morgan fingerprint density at radius 2 is 2.06 bits per heavy atom. The Kier molecular flexibility index (Phi) is 5.75. The number of aromatic nitrogens is 2. The van der Waals surface area contributed by atoms with Crippen molar-refractivity contribution in [3.63, 3.8) is 0 Å². The van der Waals surface area contributed by atoms with Crippen LogP contribution in [0.15, 0.2) is 35.7 Å². The van der Waals surface area contributed by atoms with Gasteiger partial charge in [0.2, 0.25) is 0 Å². The average Bonchev–Trinajstić information content (AvgIpc) is 3.16. The number of nitrogens with zero attached hydrogens (tertiary/aromatic N) is 4. The number of nitro groups is 1. The monoisotopic (exact) mass is 437 g/mol. The van der Waals surface area contributed by atoms with Crippen molar-refractivity contribution in [3.05, 3.63) is 56.7 Å². The van der Waals surface area contributed by atoms with Gasteiger partial charge >= 0.3 is 0 Å². The summed E-state index contributed by atoms with van der Waals surface area (Å²) in [6.45, 7) is 8.87. The zero-order valence-corrected chi connectivity index (χ0v) is 19.1. The summed E-state index contributed by atoms with van der Waals surface area (Å²) in [7, 11) is 0. The third kappa shape index (κ3) is 4.17. The molecule has 8 heteroatoms. The van der Waals surface area contributed by atoms with Gasteiger partial charge in [0.05, 0.1) is 16.0 Å². The van der Waals surface area contributed by atoms with E-state index >= 15 is 0 Å². The second-order valence-electron chi connectivity index (χ2n) is 8.80. The Hall–Kier alpha value is -2.87. The van der Waals surface area contributed by atoms with Crippen molar-refractivity contribution in [2.24, 2.45) is 16.4 Å². The zero-order chi connectivity index (χ0) is 22.2. The van der Waals surface area contributed by atoms with Crippen LogP contribution in [0.1, 0.15) is 56.5 Å². The number of thiophene rings is 1. The molecule has 0 saturated heterocycles. The van der Waals surface area contributed by atoms with Crippen molar-refractivity contribution in [2.75, 3.05) is 5.43 Å². The number of benzene rings is 1. The number of fused-ring (bicyclic) bond motifs is 3. The van der Waals surface area contributed by atoms with Crippen molar-refractivity contribution in [1.82, 2.24) is 9.97 Å². The minimum Gasteiger partial charge on any atom is -0.260 e. The average molecular weight is 438 g/mol. The third-order valence-electron chi connectivity index (χ3n) is 6.68. The van der Waals surface area contributed by atoms with E-state index in [2.05, 4.69) is 41.3 Å². The number of hydrogen-bond donors (Lipinski definition) is 1. The molecule has 1 unspecified atom stereocenters. The minimum absolute atomic E-state index is 0.0662. The van der Waals surface area contributed by atoms with Crippen LogP contribution in [0.3, 0.4) is 0 Å². The standard InChI is InChI=1S/C23H27N5O2S/c1-5-23(3,4)16-8-11-19-18(12-16)20-21(24-13-25-22(20)31-19)27-26-14(2)15-6-9-17(10-7-15)28(29)30/h6-7,9-10,13,16H,5,8,11-12H2,1-4H3,(H,24,25,27)/b26-14+. The van der Waals surface area contributed by atoms with Gasteiger partial charge in [-0.2, -0.15) is 5.10 Å². The lowest BCUT2D eigenvalue weighted by molar-refractivity contribution is -0.384. The summed E-state index contributed by atoms with van der Waals surface area (Å²) in [6, 6.07) is 6.39. The van der Waals surface area contributed by atoms with Crippen molar-refractivity contribution in [1.29, 1.82) is 0 Å². The van der Waals surface area contributed by atoms with E-state index in [0.29, 0.717) is 11.3 Å². The summed E-state index contributed by atoms with van der Waals surface area (Å²) in [4.78, 5) is 21.9. The van der Waals surface area contributed by atoms with Crippen LogP contribution < -0.4 is 5.43 Å². The number of nitrogens with one attached hydrogen (secondary N) is 1. The van der Waals surface area contributed by atoms with Gasteiger partial charge in [0.1, 0.15) is 11.2 Å². The molecule has 0 amide bonds. The Morgan fingerprint density at radius 1 is 1.32 bits per heavy atom. The van der Waals surface area contributed by atoms with Gasteiger partial charge in [0.25, 0.3) is 5.69 Å². The fourth-order valence-corrected chi connectivity index (χ4v) is 5.36. The van der Waals surface area contributed by atoms with Crippen LogP contribution in [0.5, 0.6) is 0 Å². The van der Waals surface area contributed by atoms with E-state index < -0.39 is 4.92 Å². The van der Waals surface area contributed by atoms with E-state index in [-0.39, 0.29) is 5.69 Å². The maximum Gasteiger partial charge on any atom is 0.269 e. The van der Waals surface area contributed by atoms with Gasteiger partial charge in [-0.1, -0.05) is 27.2 Å². The lowest BCUT2D eigenvalue weighted by Gasteiger charge is -2.36. The molecule has 4 rings (SSSR count). The zero-order valence-electron chi connectivity index (χ0n) is 18.3. The maximum absolute atomic E-state index is 10.9. The number of rotatable bonds is 6. The van der Waals surface area contributed by atoms with Gasteiger partial charge < -0.3 is 0 Å². The highest BCUT2D eigenvalue weighted by Gasteiger charge is 2.33. The predicted octanol–water partition coefficient (Wildman–Crippen LogP) is 5.98. The van der Waals surface area contributed by atoms with E-state index in [1.807, 2.05) is 6.92 Å². The molecule has 1 aromatic carbocycles. The molecule has 0 radical (unpaired) electrons. The summed E-state index contributed by atoms with van der Waals surface area (Å²) in [6.07, 6.45) is 6.10. The van der Waals surface area contributed by atoms with Gasteiger partial charge in [0.15, 0.2) is 5.82 Å². The molecule has 0 saturated carbocycles. The Morgan fingerprint density at radius 3 is 2.74 bits per heavy atom. The number of anilines is 1. The molecule has 2 heterocycles. The largest absolute Gasteiger partial charge is 0.269 e. The first-order valence-corrected chi connectivity index (χ1v) is 11.4. The number of aryl methyl sites for hydroxylation is 1. The van der Waals surface area contributed by atoms with E-state index in [4.69, 9.17) is 0 Å². The topological polar surface area (TPSA) is 93.3 Å². The molecule has 1 aliphatic rings. The maximum atomic E-state index is 10.9. The van der Waals surface area contributed by atoms with Crippen LogP contribution in [-0.4, -0.2) is 20.6 Å². The fraction of sp³-hybridized carbons (Fsp3) is 0.435. The van der Waals surface area contributed by atoms with E-state index in [1.165, 1.54) is 29.0 Å². The highest BCUT2D eigenvalue weighted by atomic mass is 32.1. The third-order valence-corrected chi connectivity index (χ3v) is 7.88. The Labute approximate surface area is 185 Å². The molecule has 1 N–H and O–H groups in total. The summed E-state index contributed by atoms with van der Waals surface area (Å²) >= 11 is 1.77. The Balaban J connectivity index is 1.64. The summed E-state index contributed by atoms with van der Waals surface area (Å²) in [5, 5.41) is 16.5. The van der Waals surface area contributed by atoms with Crippen LogP contribution in [0.4, 0.5) is 11.5 Å². The summed E-state index contributed by atoms with van der Waals surface area (Å²) in [5.41, 5.74) is 6.43. The van der Waals surface area contributed by atoms with E-state index in [1.54, 1.807) is 29.8 Å². The quantitative estimate of drug-likeness (QED) is 0.291. The van der Waals surface area contributed by atoms with Crippen LogP contribution in [0, 0.1) is 21.4 Å². The number of hydrogen-bond acceptors (Lipinski definition) is 7. The highest BCUT2D eigenvalue weighted by Crippen LogP contribution is 2.45. The highest BCUT2D eigenvalue weighted by molar-refractivity contribution is 7.19. The minimum atomic E-state index is -0.404. The second kappa shape index (κ2) is 8.34. The second-order valence-corrected chi connectivity index (χ2v) is 9.88. The number of nitro benzene ring substituents is 1. The Bertz CT molecular complexity index is 1150. The first-order valence-electron chi connectivity index (χ1n) is 10.6. The van der Waals surface area contributed by atoms with Crippen molar-refractivity contribution >= 4 is 38.8 Å². The van der Waals surface area contributed by atoms with Gasteiger partial charge in [-0.15, -0.1) is 11.3 Å². The van der Waals surface area contributed by atoms with Crippen molar-refractivity contribution in [2.45, 2.75) is 53.4 Å². The normalized spacial score (nSPS) is 16.9. The molecular formula is C23H27N5O2S. The van der Waals surface area contributed by atoms with Crippen LogP contribution in [-0.2, 0) is 12.8 Å². The molecule has 1 aliphatic carbocycles. The molecule has 3 aromatic rings. The lowest BCUT2D eigenvalue weighted by Crippen LogP contribution is -2.28. The first-order chi connectivity index (χ1) is 14.8. The molecular weight excluding hydrogens is 410 g/mol. The van der Waals surface area contributed by atoms with Gasteiger partial charge in [-0.05, 0) is 60.8 Å². The first kappa shape index (κ1) is 21.4. The number of non-ortho nitro benzene ring substituents is 1. The van der Waals surface area contributed by atoms with E-state index in [0.717, 1.165) is 46.6 Å².